The second kappa shape index (κ2) is 8.43. The number of carbonyl (C=O) groups excluding carboxylic acids is 1. The highest BCUT2D eigenvalue weighted by Crippen LogP contribution is 2.37. The predicted octanol–water partition coefficient (Wildman–Crippen LogP) is 3.24. The zero-order chi connectivity index (χ0) is 22.5. The summed E-state index contributed by atoms with van der Waals surface area (Å²) < 4.78 is 25.5. The van der Waals surface area contributed by atoms with Gasteiger partial charge in [-0.1, -0.05) is 24.6 Å². The van der Waals surface area contributed by atoms with Crippen molar-refractivity contribution < 1.29 is 13.2 Å². The Morgan fingerprint density at radius 1 is 1.25 bits per heavy atom. The number of aromatic nitrogens is 2. The molecule has 2 aromatic rings. The molecular weight excluding hydrogens is 466 g/mol. The molecule has 5 rings (SSSR count). The summed E-state index contributed by atoms with van der Waals surface area (Å²) in [7, 11) is -3.09. The fraction of sp³-hybridized carbons (Fsp3) is 0.682. The molecule has 2 fully saturated rings. The molecule has 10 heteroatoms. The molecule has 0 spiro atoms. The van der Waals surface area contributed by atoms with Crippen LogP contribution < -0.4 is 10.9 Å². The second-order valence-corrected chi connectivity index (χ2v) is 13.8. The number of amides is 1. The van der Waals surface area contributed by atoms with Gasteiger partial charge in [0.15, 0.2) is 15.0 Å². The van der Waals surface area contributed by atoms with Crippen molar-refractivity contribution in [1.82, 2.24) is 14.9 Å². The van der Waals surface area contributed by atoms with Gasteiger partial charge >= 0.3 is 0 Å². The van der Waals surface area contributed by atoms with Crippen LogP contribution in [0.25, 0.3) is 10.2 Å². The smallest absolute Gasteiger partial charge is 0.263 e. The van der Waals surface area contributed by atoms with Gasteiger partial charge in [0.05, 0.1) is 28.2 Å². The molecule has 3 aliphatic rings. The molecule has 1 saturated carbocycles. The number of hydrogen-bond donors (Lipinski definition) is 1. The Bertz CT molecular complexity index is 1230. The fourth-order valence-electron chi connectivity index (χ4n) is 5.40. The summed E-state index contributed by atoms with van der Waals surface area (Å²) in [6.45, 7) is 1.79. The largest absolute Gasteiger partial charge is 0.349 e. The highest BCUT2D eigenvalue weighted by atomic mass is 32.2. The summed E-state index contributed by atoms with van der Waals surface area (Å²) in [5.74, 6) is -0.00808. The normalized spacial score (nSPS) is 25.3. The first-order valence-corrected chi connectivity index (χ1v) is 15.1. The van der Waals surface area contributed by atoms with Gasteiger partial charge in [0.1, 0.15) is 4.83 Å². The quantitative estimate of drug-likeness (QED) is 0.505. The first-order valence-electron chi connectivity index (χ1n) is 11.5. The molecule has 7 nitrogen and oxygen atoms in total. The van der Waals surface area contributed by atoms with Crippen molar-refractivity contribution >= 4 is 49.1 Å². The number of thiophene rings is 1. The minimum Gasteiger partial charge on any atom is -0.349 e. The van der Waals surface area contributed by atoms with Crippen LogP contribution in [0.5, 0.6) is 0 Å². The Morgan fingerprint density at radius 2 is 2.00 bits per heavy atom. The molecule has 0 aromatic carbocycles. The number of hydrogen-bond acceptors (Lipinski definition) is 7. The SMILES string of the molecule is C[C@]1(NC(=O)CSc2nc3sc4c(c3c(=O)n2C2CCCC2)CCCC4)CCS(=O)(=O)C1. The average molecular weight is 496 g/mol. The van der Waals surface area contributed by atoms with Gasteiger partial charge in [0, 0.05) is 10.9 Å². The molecule has 1 aliphatic heterocycles. The Morgan fingerprint density at radius 3 is 2.72 bits per heavy atom. The van der Waals surface area contributed by atoms with Crippen LogP contribution in [0, 0.1) is 0 Å². The van der Waals surface area contributed by atoms with E-state index in [1.807, 2.05) is 4.57 Å². The van der Waals surface area contributed by atoms with Crippen molar-refractivity contribution in [2.75, 3.05) is 17.3 Å². The zero-order valence-electron chi connectivity index (χ0n) is 18.3. The molecule has 0 bridgehead atoms. The van der Waals surface area contributed by atoms with Crippen LogP contribution in [0.3, 0.4) is 0 Å². The highest BCUT2D eigenvalue weighted by molar-refractivity contribution is 7.99. The van der Waals surface area contributed by atoms with Crippen LogP contribution in [0.4, 0.5) is 0 Å². The average Bonchev–Trinajstić information content (AvgIpc) is 3.43. The number of sulfone groups is 1. The van der Waals surface area contributed by atoms with Gasteiger partial charge in [0.2, 0.25) is 5.91 Å². The van der Waals surface area contributed by atoms with Gasteiger partial charge in [-0.25, -0.2) is 13.4 Å². The molecule has 1 N–H and O–H groups in total. The van der Waals surface area contributed by atoms with Gasteiger partial charge in [0.25, 0.3) is 5.56 Å². The molecule has 1 saturated heterocycles. The minimum atomic E-state index is -3.09. The lowest BCUT2D eigenvalue weighted by atomic mass is 9.97. The first kappa shape index (κ1) is 22.4. The molecule has 32 heavy (non-hydrogen) atoms. The molecule has 3 heterocycles. The highest BCUT2D eigenvalue weighted by Gasteiger charge is 2.39. The molecular formula is C22H29N3O4S3. The number of fused-ring (bicyclic) bond motifs is 3. The summed E-state index contributed by atoms with van der Waals surface area (Å²) in [6.07, 6.45) is 8.83. The maximum Gasteiger partial charge on any atom is 0.263 e. The van der Waals surface area contributed by atoms with Crippen molar-refractivity contribution in [3.05, 3.63) is 20.8 Å². The van der Waals surface area contributed by atoms with Crippen molar-refractivity contribution in [1.29, 1.82) is 0 Å². The van der Waals surface area contributed by atoms with E-state index in [9.17, 15) is 18.0 Å². The van der Waals surface area contributed by atoms with E-state index in [0.29, 0.717) is 11.6 Å². The Balaban J connectivity index is 1.43. The van der Waals surface area contributed by atoms with E-state index in [2.05, 4.69) is 5.32 Å². The molecule has 2 aromatic heterocycles. The Labute approximate surface area is 196 Å². The van der Waals surface area contributed by atoms with Gasteiger partial charge in [-0.3, -0.25) is 14.2 Å². The number of rotatable bonds is 5. The Hall–Kier alpha value is -1.39. The van der Waals surface area contributed by atoms with Gasteiger partial charge in [-0.15, -0.1) is 11.3 Å². The van der Waals surface area contributed by atoms with E-state index >= 15 is 0 Å². The monoisotopic (exact) mass is 495 g/mol. The number of thioether (sulfide) groups is 1. The van der Waals surface area contributed by atoms with Crippen LogP contribution in [0.2, 0.25) is 0 Å². The van der Waals surface area contributed by atoms with Crippen molar-refractivity contribution in [3.63, 3.8) is 0 Å². The third kappa shape index (κ3) is 4.25. The maximum absolute atomic E-state index is 13.7. The van der Waals surface area contributed by atoms with Crippen LogP contribution in [-0.4, -0.2) is 46.7 Å². The van der Waals surface area contributed by atoms with E-state index in [4.69, 9.17) is 4.98 Å². The fourth-order valence-corrected chi connectivity index (χ4v) is 9.66. The van der Waals surface area contributed by atoms with Gasteiger partial charge in [-0.2, -0.15) is 0 Å². The third-order valence-corrected chi connectivity index (χ3v) is 11.0. The summed E-state index contributed by atoms with van der Waals surface area (Å²) in [5.41, 5.74) is 0.536. The lowest BCUT2D eigenvalue weighted by Crippen LogP contribution is -2.47. The van der Waals surface area contributed by atoms with E-state index in [0.717, 1.165) is 61.6 Å². The molecule has 0 unspecified atom stereocenters. The summed E-state index contributed by atoms with van der Waals surface area (Å²) in [6, 6.07) is 0.140. The number of nitrogens with zero attached hydrogens (tertiary/aromatic N) is 2. The van der Waals surface area contributed by atoms with Gasteiger partial charge in [-0.05, 0) is 57.4 Å². The number of nitrogens with one attached hydrogen (secondary N) is 1. The summed E-state index contributed by atoms with van der Waals surface area (Å²) >= 11 is 2.93. The number of aryl methyl sites for hydroxylation is 2. The minimum absolute atomic E-state index is 0.0197. The standard InChI is InChI=1S/C22H29N3O4S3/c1-22(10-11-32(28,29)13-22)24-17(26)12-30-21-23-19-18(15-8-4-5-9-16(15)31-19)20(27)25(21)14-6-2-3-7-14/h14H,2-13H2,1H3,(H,24,26)/t22-/m0/s1. The van der Waals surface area contributed by atoms with Crippen molar-refractivity contribution in [2.45, 2.75) is 81.4 Å². The summed E-state index contributed by atoms with van der Waals surface area (Å²) in [5, 5.41) is 4.33. The molecule has 1 atom stereocenters. The van der Waals surface area contributed by atoms with Gasteiger partial charge < -0.3 is 5.32 Å². The van der Waals surface area contributed by atoms with Crippen LogP contribution in [-0.2, 0) is 27.5 Å². The lowest BCUT2D eigenvalue weighted by molar-refractivity contribution is -0.120. The molecule has 0 radical (unpaired) electrons. The van der Waals surface area contributed by atoms with Crippen LogP contribution in [0.1, 0.15) is 68.4 Å². The summed E-state index contributed by atoms with van der Waals surface area (Å²) in [4.78, 5) is 33.3. The third-order valence-electron chi connectivity index (χ3n) is 6.96. The number of carbonyl (C=O) groups is 1. The van der Waals surface area contributed by atoms with E-state index in [1.165, 1.54) is 22.2 Å². The molecule has 174 valence electrons. The second-order valence-electron chi connectivity index (χ2n) is 9.64. The molecule has 2 aliphatic carbocycles. The zero-order valence-corrected chi connectivity index (χ0v) is 20.8. The topological polar surface area (TPSA) is 98.1 Å². The first-order chi connectivity index (χ1) is 15.2. The van der Waals surface area contributed by atoms with Crippen LogP contribution in [0.15, 0.2) is 9.95 Å². The lowest BCUT2D eigenvalue weighted by Gasteiger charge is -2.24. The van der Waals surface area contributed by atoms with Crippen LogP contribution >= 0.6 is 23.1 Å². The maximum atomic E-state index is 13.7. The van der Waals surface area contributed by atoms with E-state index < -0.39 is 15.4 Å². The van der Waals surface area contributed by atoms with Crippen molar-refractivity contribution in [3.8, 4) is 0 Å². The van der Waals surface area contributed by atoms with E-state index in [-0.39, 0.29) is 34.8 Å². The van der Waals surface area contributed by atoms with E-state index in [1.54, 1.807) is 18.3 Å². The van der Waals surface area contributed by atoms with Crippen molar-refractivity contribution in [2.24, 2.45) is 0 Å². The molecule has 1 amide bonds. The predicted molar refractivity (Wildman–Crippen MR) is 129 cm³/mol. The Kier molecular flexibility index (Phi) is 5.90.